The number of amides is 1. The van der Waals surface area contributed by atoms with Crippen LogP contribution in [0.3, 0.4) is 0 Å². The van der Waals surface area contributed by atoms with Crippen molar-refractivity contribution in [2.75, 3.05) is 25.1 Å². The molecule has 1 N–H and O–H groups in total. The molecular formula is C17H16N2O5. The number of hydrogen-bond acceptors (Lipinski definition) is 6. The summed E-state index contributed by atoms with van der Waals surface area (Å²) >= 11 is 0. The van der Waals surface area contributed by atoms with E-state index in [4.69, 9.17) is 14.2 Å². The molecule has 3 rings (SSSR count). The Morgan fingerprint density at radius 3 is 2.79 bits per heavy atom. The number of rotatable bonds is 4. The smallest absolute Gasteiger partial charge is 0.340 e. The zero-order chi connectivity index (χ0) is 16.8. The Morgan fingerprint density at radius 1 is 1.17 bits per heavy atom. The highest BCUT2D eigenvalue weighted by Gasteiger charge is 2.13. The summed E-state index contributed by atoms with van der Waals surface area (Å²) < 4.78 is 16.0. The van der Waals surface area contributed by atoms with Gasteiger partial charge in [0.15, 0.2) is 18.1 Å². The molecule has 0 atom stereocenters. The first kappa shape index (κ1) is 15.8. The highest BCUT2D eigenvalue weighted by atomic mass is 16.5. The van der Waals surface area contributed by atoms with Crippen LogP contribution in [0.5, 0.6) is 11.5 Å². The van der Waals surface area contributed by atoms with E-state index in [1.54, 1.807) is 36.5 Å². The minimum atomic E-state index is -0.600. The van der Waals surface area contributed by atoms with Crippen molar-refractivity contribution in [1.29, 1.82) is 0 Å². The molecular weight excluding hydrogens is 312 g/mol. The Kier molecular flexibility index (Phi) is 4.90. The number of nitrogens with one attached hydrogen (secondary N) is 1. The molecule has 7 nitrogen and oxygen atoms in total. The molecule has 0 bridgehead atoms. The van der Waals surface area contributed by atoms with Crippen molar-refractivity contribution in [1.82, 2.24) is 4.98 Å². The van der Waals surface area contributed by atoms with Gasteiger partial charge in [0.2, 0.25) is 0 Å². The van der Waals surface area contributed by atoms with Gasteiger partial charge in [-0.15, -0.1) is 0 Å². The first-order chi connectivity index (χ1) is 11.7. The summed E-state index contributed by atoms with van der Waals surface area (Å²) in [4.78, 5) is 27.5. The lowest BCUT2D eigenvalue weighted by Gasteiger charge is -2.10. The molecule has 1 aliphatic heterocycles. The standard InChI is InChI=1S/C17H16N2O5/c20-16(11-24-17(21)12-3-1-6-18-10-12)19-13-4-5-14-15(9-13)23-8-2-7-22-14/h1,3-6,9-10H,2,7-8,11H2,(H,19,20). The fraction of sp³-hybridized carbons (Fsp3) is 0.235. The van der Waals surface area contributed by atoms with Crippen molar-refractivity contribution in [2.24, 2.45) is 0 Å². The molecule has 7 heteroatoms. The molecule has 1 amide bonds. The van der Waals surface area contributed by atoms with Crippen LogP contribution in [0.1, 0.15) is 16.8 Å². The van der Waals surface area contributed by atoms with Crippen molar-refractivity contribution in [3.8, 4) is 11.5 Å². The van der Waals surface area contributed by atoms with Crippen molar-refractivity contribution < 1.29 is 23.8 Å². The third kappa shape index (κ3) is 4.01. The molecule has 1 aromatic heterocycles. The van der Waals surface area contributed by atoms with Crippen LogP contribution in [0.2, 0.25) is 0 Å². The Balaban J connectivity index is 1.55. The average molecular weight is 328 g/mol. The summed E-state index contributed by atoms with van der Waals surface area (Å²) in [7, 11) is 0. The molecule has 0 saturated carbocycles. The van der Waals surface area contributed by atoms with Gasteiger partial charge in [-0.2, -0.15) is 0 Å². The summed E-state index contributed by atoms with van der Waals surface area (Å²) in [6.45, 7) is 0.776. The second-order valence-corrected chi connectivity index (χ2v) is 5.08. The maximum atomic E-state index is 11.9. The summed E-state index contributed by atoms with van der Waals surface area (Å²) in [6, 6.07) is 8.30. The Bertz CT molecular complexity index is 733. The van der Waals surface area contributed by atoms with Crippen molar-refractivity contribution in [3.05, 3.63) is 48.3 Å². The van der Waals surface area contributed by atoms with Crippen molar-refractivity contribution >= 4 is 17.6 Å². The first-order valence-electron chi connectivity index (χ1n) is 7.49. The van der Waals surface area contributed by atoms with Gasteiger partial charge in [-0.05, 0) is 24.3 Å². The lowest BCUT2D eigenvalue weighted by molar-refractivity contribution is -0.119. The van der Waals surface area contributed by atoms with E-state index >= 15 is 0 Å². The summed E-state index contributed by atoms with van der Waals surface area (Å²) in [5.74, 6) is 0.185. The molecule has 1 aromatic carbocycles. The van der Waals surface area contributed by atoms with E-state index in [0.29, 0.717) is 36.0 Å². The van der Waals surface area contributed by atoms with Gasteiger partial charge in [0.1, 0.15) is 0 Å². The van der Waals surface area contributed by atoms with Gasteiger partial charge >= 0.3 is 5.97 Å². The highest BCUT2D eigenvalue weighted by Crippen LogP contribution is 2.32. The number of ether oxygens (including phenoxy) is 3. The fourth-order valence-corrected chi connectivity index (χ4v) is 2.14. The molecule has 124 valence electrons. The number of benzene rings is 1. The van der Waals surface area contributed by atoms with E-state index in [1.807, 2.05) is 0 Å². The monoisotopic (exact) mass is 328 g/mol. The molecule has 0 aliphatic carbocycles. The minimum absolute atomic E-state index is 0.292. The molecule has 24 heavy (non-hydrogen) atoms. The third-order valence-corrected chi connectivity index (χ3v) is 3.26. The normalized spacial score (nSPS) is 12.8. The minimum Gasteiger partial charge on any atom is -0.490 e. The van der Waals surface area contributed by atoms with Crippen LogP contribution in [-0.4, -0.2) is 36.7 Å². The van der Waals surface area contributed by atoms with Crippen LogP contribution in [0.15, 0.2) is 42.7 Å². The lowest BCUT2D eigenvalue weighted by Crippen LogP contribution is -2.21. The average Bonchev–Trinajstić information content (AvgIpc) is 2.85. The van der Waals surface area contributed by atoms with E-state index in [0.717, 1.165) is 6.42 Å². The zero-order valence-corrected chi connectivity index (χ0v) is 12.9. The fourth-order valence-electron chi connectivity index (χ4n) is 2.14. The van der Waals surface area contributed by atoms with Crippen LogP contribution < -0.4 is 14.8 Å². The number of pyridine rings is 1. The van der Waals surface area contributed by atoms with Crippen LogP contribution in [-0.2, 0) is 9.53 Å². The van der Waals surface area contributed by atoms with Crippen LogP contribution >= 0.6 is 0 Å². The Hall–Kier alpha value is -3.09. The molecule has 0 radical (unpaired) electrons. The maximum Gasteiger partial charge on any atom is 0.340 e. The number of nitrogens with zero attached hydrogens (tertiary/aromatic N) is 1. The van der Waals surface area contributed by atoms with Crippen molar-refractivity contribution in [2.45, 2.75) is 6.42 Å². The summed E-state index contributed by atoms with van der Waals surface area (Å²) in [5.41, 5.74) is 0.836. The predicted octanol–water partition coefficient (Wildman–Crippen LogP) is 2.04. The van der Waals surface area contributed by atoms with Gasteiger partial charge in [-0.25, -0.2) is 4.79 Å². The van der Waals surface area contributed by atoms with Gasteiger partial charge < -0.3 is 19.5 Å². The lowest BCUT2D eigenvalue weighted by atomic mass is 10.2. The van der Waals surface area contributed by atoms with Gasteiger partial charge in [0, 0.05) is 30.6 Å². The first-order valence-corrected chi connectivity index (χ1v) is 7.49. The number of anilines is 1. The predicted molar refractivity (Wildman–Crippen MR) is 85.2 cm³/mol. The van der Waals surface area contributed by atoms with Gasteiger partial charge in [0.25, 0.3) is 5.91 Å². The van der Waals surface area contributed by atoms with Gasteiger partial charge in [0.05, 0.1) is 18.8 Å². The molecule has 2 aromatic rings. The SMILES string of the molecule is O=C(COC(=O)c1cccnc1)Nc1ccc2c(c1)OCCCO2. The van der Waals surface area contributed by atoms with E-state index in [9.17, 15) is 9.59 Å². The molecule has 0 saturated heterocycles. The summed E-state index contributed by atoms with van der Waals surface area (Å²) in [6.07, 6.45) is 3.73. The number of esters is 1. The maximum absolute atomic E-state index is 11.9. The Labute approximate surface area is 138 Å². The van der Waals surface area contributed by atoms with Crippen LogP contribution in [0, 0.1) is 0 Å². The van der Waals surface area contributed by atoms with Crippen LogP contribution in [0.4, 0.5) is 5.69 Å². The Morgan fingerprint density at radius 2 is 2.00 bits per heavy atom. The number of aromatic nitrogens is 1. The van der Waals surface area contributed by atoms with Crippen LogP contribution in [0.25, 0.3) is 0 Å². The molecule has 0 fully saturated rings. The largest absolute Gasteiger partial charge is 0.490 e. The second-order valence-electron chi connectivity index (χ2n) is 5.08. The molecule has 2 heterocycles. The van der Waals surface area contributed by atoms with E-state index in [2.05, 4.69) is 10.3 Å². The topological polar surface area (TPSA) is 86.8 Å². The quantitative estimate of drug-likeness (QED) is 0.864. The van der Waals surface area contributed by atoms with E-state index in [1.165, 1.54) is 6.20 Å². The molecule has 1 aliphatic rings. The van der Waals surface area contributed by atoms with E-state index in [-0.39, 0.29) is 6.61 Å². The third-order valence-electron chi connectivity index (χ3n) is 3.26. The number of hydrogen-bond donors (Lipinski definition) is 1. The molecule has 0 spiro atoms. The number of carbonyl (C=O) groups is 2. The highest BCUT2D eigenvalue weighted by molar-refractivity contribution is 5.95. The van der Waals surface area contributed by atoms with Gasteiger partial charge in [-0.1, -0.05) is 0 Å². The second kappa shape index (κ2) is 7.45. The van der Waals surface area contributed by atoms with Crippen molar-refractivity contribution in [3.63, 3.8) is 0 Å². The van der Waals surface area contributed by atoms with E-state index < -0.39 is 11.9 Å². The summed E-state index contributed by atoms with van der Waals surface area (Å²) in [5, 5.41) is 2.65. The molecule has 0 unspecified atom stereocenters. The zero-order valence-electron chi connectivity index (χ0n) is 12.9. The van der Waals surface area contributed by atoms with Gasteiger partial charge in [-0.3, -0.25) is 9.78 Å². The number of fused-ring (bicyclic) bond motifs is 1. The number of carbonyl (C=O) groups excluding carboxylic acids is 2.